The van der Waals surface area contributed by atoms with Gasteiger partial charge in [-0.1, -0.05) is 29.3 Å². The van der Waals surface area contributed by atoms with Crippen LogP contribution in [0.15, 0.2) is 36.4 Å². The zero-order chi connectivity index (χ0) is 24.2. The largest absolute Gasteiger partial charge is 0.357 e. The first kappa shape index (κ1) is 25.8. The molecule has 0 heterocycles. The van der Waals surface area contributed by atoms with Crippen molar-refractivity contribution in [3.63, 3.8) is 0 Å². The fourth-order valence-electron chi connectivity index (χ4n) is 2.88. The first-order valence-electron chi connectivity index (χ1n) is 9.23. The molecule has 174 valence electrons. The number of nitrogens with zero attached hydrogens (tertiary/aromatic N) is 2. The third kappa shape index (κ3) is 6.30. The summed E-state index contributed by atoms with van der Waals surface area (Å²) in [5.74, 6) is -3.67. The summed E-state index contributed by atoms with van der Waals surface area (Å²) < 4.78 is 52.3. The van der Waals surface area contributed by atoms with Crippen molar-refractivity contribution in [1.29, 1.82) is 0 Å². The highest BCUT2D eigenvalue weighted by atomic mass is 35.5. The summed E-state index contributed by atoms with van der Waals surface area (Å²) in [6, 6.07) is 6.14. The van der Waals surface area contributed by atoms with Crippen molar-refractivity contribution in [3.05, 3.63) is 63.6 Å². The van der Waals surface area contributed by atoms with E-state index in [1.807, 2.05) is 0 Å². The molecule has 0 aliphatic heterocycles. The third-order valence-electron chi connectivity index (χ3n) is 4.62. The Morgan fingerprint density at radius 1 is 1.06 bits per heavy atom. The maximum absolute atomic E-state index is 13.7. The lowest BCUT2D eigenvalue weighted by atomic mass is 10.1. The van der Waals surface area contributed by atoms with E-state index in [-0.39, 0.29) is 17.3 Å². The Morgan fingerprint density at radius 3 is 2.25 bits per heavy atom. The molecule has 0 spiro atoms. The molecular weight excluding hydrogens is 487 g/mol. The molecule has 0 aromatic heterocycles. The molecule has 0 bridgehead atoms. The van der Waals surface area contributed by atoms with Crippen LogP contribution in [0.25, 0.3) is 0 Å². The minimum absolute atomic E-state index is 0.0836. The molecule has 0 aliphatic carbocycles. The molecular formula is C20H21Cl2F2N3O4S. The molecule has 12 heteroatoms. The van der Waals surface area contributed by atoms with Gasteiger partial charge in [-0.15, -0.1) is 0 Å². The van der Waals surface area contributed by atoms with Crippen molar-refractivity contribution in [2.24, 2.45) is 0 Å². The Hall–Kier alpha value is -2.43. The number of benzene rings is 2. The summed E-state index contributed by atoms with van der Waals surface area (Å²) in [4.78, 5) is 26.5. The van der Waals surface area contributed by atoms with E-state index in [1.165, 1.54) is 26.1 Å². The molecule has 2 amide bonds. The predicted molar refractivity (Wildman–Crippen MR) is 119 cm³/mol. The zero-order valence-corrected chi connectivity index (χ0v) is 19.7. The number of hydrogen-bond donors (Lipinski definition) is 1. The highest BCUT2D eigenvalue weighted by Crippen LogP contribution is 2.25. The fraction of sp³-hybridized carbons (Fsp3) is 0.300. The topological polar surface area (TPSA) is 86.8 Å². The Morgan fingerprint density at radius 2 is 1.72 bits per heavy atom. The minimum Gasteiger partial charge on any atom is -0.357 e. The van der Waals surface area contributed by atoms with Crippen LogP contribution in [0, 0.1) is 11.6 Å². The lowest BCUT2D eigenvalue weighted by Gasteiger charge is -2.31. The maximum atomic E-state index is 13.7. The van der Waals surface area contributed by atoms with E-state index in [9.17, 15) is 26.8 Å². The Balaban J connectivity index is 2.42. The number of carbonyl (C=O) groups excluding carboxylic acids is 2. The van der Waals surface area contributed by atoms with Gasteiger partial charge in [-0.3, -0.25) is 13.9 Å². The summed E-state index contributed by atoms with van der Waals surface area (Å²) >= 11 is 11.9. The van der Waals surface area contributed by atoms with E-state index in [2.05, 4.69) is 5.32 Å². The number of likely N-dealkylation sites (N-methyl/N-ethyl adjacent to an activating group) is 1. The van der Waals surface area contributed by atoms with Gasteiger partial charge in [0.25, 0.3) is 0 Å². The standard InChI is InChI=1S/C20H21Cl2F2N3O4S/c1-12(20(29)25-2)26(10-13-4-6-15(21)16(22)8-13)19(28)11-27(32(3,30)31)14-5-7-17(23)18(24)9-14/h4-9,12H,10-11H2,1-3H3,(H,25,29). The van der Waals surface area contributed by atoms with E-state index >= 15 is 0 Å². The van der Waals surface area contributed by atoms with E-state index < -0.39 is 46.1 Å². The molecule has 32 heavy (non-hydrogen) atoms. The maximum Gasteiger partial charge on any atom is 0.244 e. The number of halogens is 4. The molecule has 0 fully saturated rings. The van der Waals surface area contributed by atoms with Crippen LogP contribution in [0.3, 0.4) is 0 Å². The molecule has 0 aliphatic rings. The summed E-state index contributed by atoms with van der Waals surface area (Å²) in [6.07, 6.45) is 0.826. The SMILES string of the molecule is CNC(=O)C(C)N(Cc1ccc(Cl)c(Cl)c1)C(=O)CN(c1ccc(F)c(F)c1)S(C)(=O)=O. The number of amides is 2. The van der Waals surface area contributed by atoms with Crippen molar-refractivity contribution in [3.8, 4) is 0 Å². The van der Waals surface area contributed by atoms with Gasteiger partial charge < -0.3 is 10.2 Å². The average Bonchev–Trinajstić information content (AvgIpc) is 2.72. The van der Waals surface area contributed by atoms with E-state index in [0.29, 0.717) is 21.0 Å². The van der Waals surface area contributed by atoms with Crippen LogP contribution in [0.2, 0.25) is 10.0 Å². The van der Waals surface area contributed by atoms with Crippen LogP contribution in [0.4, 0.5) is 14.5 Å². The Kier molecular flexibility index (Phi) is 8.44. The highest BCUT2D eigenvalue weighted by Gasteiger charge is 2.30. The van der Waals surface area contributed by atoms with Crippen LogP contribution < -0.4 is 9.62 Å². The van der Waals surface area contributed by atoms with Crippen LogP contribution in [-0.2, 0) is 26.2 Å². The van der Waals surface area contributed by atoms with Gasteiger partial charge in [0.2, 0.25) is 21.8 Å². The zero-order valence-electron chi connectivity index (χ0n) is 17.4. The molecule has 0 saturated heterocycles. The fourth-order valence-corrected chi connectivity index (χ4v) is 4.04. The summed E-state index contributed by atoms with van der Waals surface area (Å²) in [5, 5.41) is 2.97. The van der Waals surface area contributed by atoms with Crippen molar-refractivity contribution in [2.45, 2.75) is 19.5 Å². The van der Waals surface area contributed by atoms with Crippen molar-refractivity contribution in [2.75, 3.05) is 24.2 Å². The minimum atomic E-state index is -4.06. The Bertz CT molecular complexity index is 1130. The van der Waals surface area contributed by atoms with Gasteiger partial charge in [0.1, 0.15) is 12.6 Å². The molecule has 7 nitrogen and oxygen atoms in total. The molecule has 1 N–H and O–H groups in total. The number of sulfonamides is 1. The second-order valence-corrected chi connectivity index (χ2v) is 9.65. The second kappa shape index (κ2) is 10.5. The Labute approximate surface area is 194 Å². The summed E-state index contributed by atoms with van der Waals surface area (Å²) in [6.45, 7) is 0.642. The van der Waals surface area contributed by atoms with Gasteiger partial charge >= 0.3 is 0 Å². The van der Waals surface area contributed by atoms with E-state index in [0.717, 1.165) is 23.3 Å². The van der Waals surface area contributed by atoms with Crippen molar-refractivity contribution in [1.82, 2.24) is 10.2 Å². The smallest absolute Gasteiger partial charge is 0.244 e. The highest BCUT2D eigenvalue weighted by molar-refractivity contribution is 7.92. The lowest BCUT2D eigenvalue weighted by molar-refractivity contribution is -0.139. The van der Waals surface area contributed by atoms with Crippen LogP contribution in [0.1, 0.15) is 12.5 Å². The molecule has 0 saturated carbocycles. The average molecular weight is 508 g/mol. The summed E-state index contributed by atoms with van der Waals surface area (Å²) in [5.41, 5.74) is 0.309. The number of carbonyl (C=O) groups is 2. The number of hydrogen-bond acceptors (Lipinski definition) is 4. The number of anilines is 1. The summed E-state index contributed by atoms with van der Waals surface area (Å²) in [7, 11) is -2.66. The number of nitrogens with one attached hydrogen (secondary N) is 1. The normalized spacial score (nSPS) is 12.2. The van der Waals surface area contributed by atoms with Crippen LogP contribution >= 0.6 is 23.2 Å². The molecule has 2 rings (SSSR count). The molecule has 1 unspecified atom stereocenters. The quantitative estimate of drug-likeness (QED) is 0.594. The van der Waals surface area contributed by atoms with E-state index in [4.69, 9.17) is 23.2 Å². The third-order valence-corrected chi connectivity index (χ3v) is 6.50. The van der Waals surface area contributed by atoms with Gasteiger partial charge in [-0.25, -0.2) is 17.2 Å². The van der Waals surface area contributed by atoms with Crippen molar-refractivity contribution < 1.29 is 26.8 Å². The number of rotatable bonds is 8. The van der Waals surface area contributed by atoms with Crippen molar-refractivity contribution >= 4 is 50.7 Å². The first-order valence-corrected chi connectivity index (χ1v) is 11.8. The monoisotopic (exact) mass is 507 g/mol. The van der Waals surface area contributed by atoms with Crippen LogP contribution in [0.5, 0.6) is 0 Å². The van der Waals surface area contributed by atoms with E-state index in [1.54, 1.807) is 6.07 Å². The van der Waals surface area contributed by atoms with Gasteiger partial charge in [-0.05, 0) is 36.8 Å². The van der Waals surface area contributed by atoms with Crippen LogP contribution in [-0.4, -0.2) is 51.0 Å². The predicted octanol–water partition coefficient (Wildman–Crippen LogP) is 3.20. The van der Waals surface area contributed by atoms with Gasteiger partial charge in [0.15, 0.2) is 11.6 Å². The molecule has 2 aromatic rings. The second-order valence-electron chi connectivity index (χ2n) is 6.93. The van der Waals surface area contributed by atoms with Gasteiger partial charge in [0, 0.05) is 19.7 Å². The molecule has 0 radical (unpaired) electrons. The molecule has 2 aromatic carbocycles. The van der Waals surface area contributed by atoms with Gasteiger partial charge in [0.05, 0.1) is 22.0 Å². The first-order chi connectivity index (χ1) is 14.8. The molecule has 1 atom stereocenters. The lowest BCUT2D eigenvalue weighted by Crippen LogP contribution is -2.50. The van der Waals surface area contributed by atoms with Gasteiger partial charge in [-0.2, -0.15) is 0 Å².